The highest BCUT2D eigenvalue weighted by atomic mass is 32.3. The van der Waals surface area contributed by atoms with Gasteiger partial charge in [0.1, 0.15) is 12.1 Å². The van der Waals surface area contributed by atoms with E-state index in [1.165, 1.54) is 4.90 Å². The maximum Gasteiger partial charge on any atom is 0.418 e. The maximum atomic E-state index is 12.6. The normalized spacial score (nSPS) is 32.8. The van der Waals surface area contributed by atoms with Crippen LogP contribution in [0.4, 0.5) is 4.79 Å². The van der Waals surface area contributed by atoms with Gasteiger partial charge >= 0.3 is 16.4 Å². The minimum Gasteiger partial charge on any atom is -0.375 e. The summed E-state index contributed by atoms with van der Waals surface area (Å²) in [4.78, 5) is 31.8. The van der Waals surface area contributed by atoms with Crippen LogP contribution < -0.4 is 5.48 Å². The standard InChI is InChI=1S/C16H27N3O8S/c1-3-5-13-11(4-2)14(9-25-13)26-17-15(20)12-7-6-10-8-18(12)16(21)19(10)27-28(22,23)24/h10-14H,3-9H2,1-2H3,(H,17,20)(H,22,23,24)/t10?,11?,12-,13?,14?/m0/s1. The Bertz CT molecular complexity index is 702. The van der Waals surface area contributed by atoms with E-state index in [0.29, 0.717) is 24.5 Å². The highest BCUT2D eigenvalue weighted by molar-refractivity contribution is 7.80. The number of amides is 3. The molecule has 3 fully saturated rings. The largest absolute Gasteiger partial charge is 0.418 e. The Morgan fingerprint density at radius 3 is 2.75 bits per heavy atom. The van der Waals surface area contributed by atoms with Crippen molar-refractivity contribution in [1.29, 1.82) is 0 Å². The average Bonchev–Trinajstić information content (AvgIpc) is 3.13. The van der Waals surface area contributed by atoms with E-state index in [9.17, 15) is 18.0 Å². The lowest BCUT2D eigenvalue weighted by Gasteiger charge is -2.29. The lowest BCUT2D eigenvalue weighted by atomic mass is 9.93. The zero-order valence-corrected chi connectivity index (χ0v) is 16.8. The van der Waals surface area contributed by atoms with Crippen LogP contribution in [-0.4, -0.2) is 72.3 Å². The number of nitrogens with one attached hydrogen (secondary N) is 1. The predicted octanol–water partition coefficient (Wildman–Crippen LogP) is 0.631. The number of ether oxygens (including phenoxy) is 1. The lowest BCUT2D eigenvalue weighted by Crippen LogP contribution is -2.50. The summed E-state index contributed by atoms with van der Waals surface area (Å²) >= 11 is 0. The Morgan fingerprint density at radius 2 is 2.11 bits per heavy atom. The molecular weight excluding hydrogens is 394 g/mol. The molecule has 3 aliphatic heterocycles. The van der Waals surface area contributed by atoms with Gasteiger partial charge in [0.05, 0.1) is 18.8 Å². The fourth-order valence-corrected chi connectivity index (χ4v) is 4.63. The van der Waals surface area contributed by atoms with Crippen molar-refractivity contribution in [3.05, 3.63) is 0 Å². The predicted molar refractivity (Wildman–Crippen MR) is 94.8 cm³/mol. The van der Waals surface area contributed by atoms with Gasteiger partial charge < -0.3 is 9.64 Å². The first-order valence-corrected chi connectivity index (χ1v) is 11.0. The van der Waals surface area contributed by atoms with Gasteiger partial charge in [-0.25, -0.2) is 10.3 Å². The van der Waals surface area contributed by atoms with Crippen molar-refractivity contribution >= 4 is 22.3 Å². The monoisotopic (exact) mass is 421 g/mol. The molecule has 28 heavy (non-hydrogen) atoms. The molecule has 0 spiro atoms. The second-order valence-corrected chi connectivity index (χ2v) is 8.37. The summed E-state index contributed by atoms with van der Waals surface area (Å²) in [5.74, 6) is -0.294. The van der Waals surface area contributed by atoms with Gasteiger partial charge in [0.2, 0.25) is 0 Å². The molecule has 5 atom stereocenters. The molecule has 2 N–H and O–H groups in total. The number of nitrogens with zero attached hydrogens (tertiary/aromatic N) is 2. The molecule has 3 saturated heterocycles. The number of hydrogen-bond donors (Lipinski definition) is 2. The summed E-state index contributed by atoms with van der Waals surface area (Å²) in [5.41, 5.74) is 2.45. The van der Waals surface area contributed by atoms with Crippen LogP contribution in [0.3, 0.4) is 0 Å². The molecule has 4 unspecified atom stereocenters. The molecule has 0 aromatic rings. The fourth-order valence-electron chi connectivity index (χ4n) is 4.24. The van der Waals surface area contributed by atoms with Crippen molar-refractivity contribution in [2.75, 3.05) is 13.2 Å². The Kier molecular flexibility index (Phi) is 6.44. The van der Waals surface area contributed by atoms with Crippen LogP contribution in [0.25, 0.3) is 0 Å². The van der Waals surface area contributed by atoms with Crippen molar-refractivity contribution in [2.24, 2.45) is 5.92 Å². The first-order valence-electron chi connectivity index (χ1n) is 9.59. The first kappa shape index (κ1) is 21.2. The van der Waals surface area contributed by atoms with Crippen molar-refractivity contribution < 1.29 is 36.4 Å². The van der Waals surface area contributed by atoms with E-state index in [0.717, 1.165) is 19.3 Å². The van der Waals surface area contributed by atoms with Gasteiger partial charge in [0, 0.05) is 12.5 Å². The number of hydrogen-bond acceptors (Lipinski definition) is 7. The molecule has 12 heteroatoms. The van der Waals surface area contributed by atoms with Gasteiger partial charge in [-0.05, 0) is 25.7 Å². The minimum absolute atomic E-state index is 0.110. The third-order valence-corrected chi connectivity index (χ3v) is 5.93. The smallest absolute Gasteiger partial charge is 0.375 e. The third-order valence-electron chi connectivity index (χ3n) is 5.59. The van der Waals surface area contributed by atoms with E-state index in [4.69, 9.17) is 14.1 Å². The Morgan fingerprint density at radius 1 is 1.36 bits per heavy atom. The Hall–Kier alpha value is -1.47. The van der Waals surface area contributed by atoms with Crippen molar-refractivity contribution in [3.8, 4) is 0 Å². The van der Waals surface area contributed by atoms with Gasteiger partial charge in [-0.15, -0.1) is 4.28 Å². The first-order chi connectivity index (χ1) is 13.2. The van der Waals surface area contributed by atoms with Gasteiger partial charge in [-0.1, -0.05) is 20.3 Å². The molecule has 3 amide bonds. The Labute approximate surface area is 164 Å². The fraction of sp³-hybridized carbons (Fsp3) is 0.875. The van der Waals surface area contributed by atoms with E-state index in [2.05, 4.69) is 16.7 Å². The summed E-state index contributed by atoms with van der Waals surface area (Å²) in [5, 5.41) is 0.608. The number of piperidine rings is 1. The zero-order chi connectivity index (χ0) is 20.5. The van der Waals surface area contributed by atoms with Crippen LogP contribution in [0, 0.1) is 5.92 Å². The third kappa shape index (κ3) is 4.40. The highest BCUT2D eigenvalue weighted by Crippen LogP contribution is 2.32. The minimum atomic E-state index is -4.82. The van der Waals surface area contributed by atoms with E-state index in [1.54, 1.807) is 0 Å². The molecule has 0 aromatic carbocycles. The number of hydroxylamine groups is 3. The number of urea groups is 1. The number of fused-ring (bicyclic) bond motifs is 2. The highest BCUT2D eigenvalue weighted by Gasteiger charge is 2.49. The molecule has 0 aliphatic carbocycles. The van der Waals surface area contributed by atoms with Gasteiger partial charge in [-0.2, -0.15) is 13.5 Å². The Balaban J connectivity index is 1.56. The topological polar surface area (TPSA) is 135 Å². The lowest BCUT2D eigenvalue weighted by molar-refractivity contribution is -0.145. The van der Waals surface area contributed by atoms with Crippen LogP contribution in [0.1, 0.15) is 46.0 Å². The van der Waals surface area contributed by atoms with Crippen LogP contribution >= 0.6 is 0 Å². The van der Waals surface area contributed by atoms with Crippen molar-refractivity contribution in [2.45, 2.75) is 70.2 Å². The number of carbonyl (C=O) groups excluding carboxylic acids is 2. The summed E-state index contributed by atoms with van der Waals surface area (Å²) < 4.78 is 40.8. The maximum absolute atomic E-state index is 12.6. The summed E-state index contributed by atoms with van der Waals surface area (Å²) in [6, 6.07) is -2.12. The van der Waals surface area contributed by atoms with E-state index >= 15 is 0 Å². The van der Waals surface area contributed by atoms with Gasteiger partial charge in [-0.3, -0.25) is 14.2 Å². The molecule has 160 valence electrons. The molecule has 0 aromatic heterocycles. The molecule has 11 nitrogen and oxygen atoms in total. The summed E-state index contributed by atoms with van der Waals surface area (Å²) in [6.07, 6.45) is 3.34. The number of rotatable bonds is 8. The van der Waals surface area contributed by atoms with Crippen LogP contribution in [-0.2, 0) is 29.1 Å². The second-order valence-electron chi connectivity index (χ2n) is 7.37. The SMILES string of the molecule is CCCC1OCC(ONC(=O)[C@@H]2CCC3CN2C(=O)N3OS(=O)(=O)O)C1CC. The molecule has 0 radical (unpaired) electrons. The molecular formula is C16H27N3O8S. The molecule has 3 rings (SSSR count). The van der Waals surface area contributed by atoms with Crippen LogP contribution in [0.5, 0.6) is 0 Å². The van der Waals surface area contributed by atoms with E-state index in [1.807, 2.05) is 6.92 Å². The van der Waals surface area contributed by atoms with Crippen molar-refractivity contribution in [1.82, 2.24) is 15.4 Å². The zero-order valence-electron chi connectivity index (χ0n) is 15.9. The second kappa shape index (κ2) is 8.49. The quantitative estimate of drug-likeness (QED) is 0.430. The summed E-state index contributed by atoms with van der Waals surface area (Å²) in [7, 11) is -4.82. The van der Waals surface area contributed by atoms with Crippen LogP contribution in [0.15, 0.2) is 0 Å². The van der Waals surface area contributed by atoms with E-state index < -0.39 is 34.4 Å². The average molecular weight is 421 g/mol. The van der Waals surface area contributed by atoms with Gasteiger partial charge in [0.25, 0.3) is 5.91 Å². The van der Waals surface area contributed by atoms with E-state index in [-0.39, 0.29) is 24.7 Å². The molecule has 0 saturated carbocycles. The number of carbonyl (C=O) groups is 2. The molecule has 3 heterocycles. The molecule has 3 aliphatic rings. The molecule has 2 bridgehead atoms. The van der Waals surface area contributed by atoms with Crippen molar-refractivity contribution in [3.63, 3.8) is 0 Å². The van der Waals surface area contributed by atoms with Gasteiger partial charge in [0.15, 0.2) is 0 Å². The van der Waals surface area contributed by atoms with Crippen LogP contribution in [0.2, 0.25) is 0 Å². The summed E-state index contributed by atoms with van der Waals surface area (Å²) in [6.45, 7) is 4.67.